The summed E-state index contributed by atoms with van der Waals surface area (Å²) in [5.74, 6) is 1.65. The van der Waals surface area contributed by atoms with E-state index in [1.165, 1.54) is 38.0 Å². The number of fused-ring (bicyclic) bond motifs is 1. The van der Waals surface area contributed by atoms with Crippen molar-refractivity contribution in [3.05, 3.63) is 35.9 Å². The van der Waals surface area contributed by atoms with Crippen LogP contribution in [0.2, 0.25) is 0 Å². The van der Waals surface area contributed by atoms with Gasteiger partial charge in [-0.15, -0.1) is 0 Å². The molecule has 0 spiro atoms. The molecular weight excluding hydrogens is 362 g/mol. The maximum atomic E-state index is 6.14. The van der Waals surface area contributed by atoms with E-state index in [1.54, 1.807) is 0 Å². The summed E-state index contributed by atoms with van der Waals surface area (Å²) in [6.45, 7) is 11.8. The third kappa shape index (κ3) is 5.30. The predicted octanol–water partition coefficient (Wildman–Crippen LogP) is 1.88. The van der Waals surface area contributed by atoms with Crippen molar-refractivity contribution >= 4 is 5.96 Å². The van der Waals surface area contributed by atoms with Crippen LogP contribution in [0, 0.1) is 5.92 Å². The van der Waals surface area contributed by atoms with Crippen molar-refractivity contribution in [2.45, 2.75) is 38.5 Å². The van der Waals surface area contributed by atoms with Crippen LogP contribution in [0.5, 0.6) is 0 Å². The second-order valence-corrected chi connectivity index (χ2v) is 8.88. The molecular formula is C23H37N5O. The summed E-state index contributed by atoms with van der Waals surface area (Å²) in [5, 5.41) is 3.63. The van der Waals surface area contributed by atoms with Crippen LogP contribution < -0.4 is 5.32 Å². The molecule has 0 aliphatic carbocycles. The Balaban J connectivity index is 1.30. The number of aliphatic imine (C=N–C) groups is 1. The first kappa shape index (κ1) is 20.6. The van der Waals surface area contributed by atoms with Crippen LogP contribution in [0.1, 0.15) is 25.3 Å². The van der Waals surface area contributed by atoms with E-state index in [1.807, 2.05) is 7.05 Å². The zero-order valence-electron chi connectivity index (χ0n) is 18.1. The van der Waals surface area contributed by atoms with Crippen LogP contribution in [0.15, 0.2) is 35.3 Å². The van der Waals surface area contributed by atoms with Gasteiger partial charge in [0.25, 0.3) is 0 Å². The van der Waals surface area contributed by atoms with E-state index in [0.717, 1.165) is 45.3 Å². The molecule has 3 unspecified atom stereocenters. The van der Waals surface area contributed by atoms with Gasteiger partial charge in [0.1, 0.15) is 0 Å². The van der Waals surface area contributed by atoms with E-state index in [9.17, 15) is 0 Å². The Kier molecular flexibility index (Phi) is 7.06. The minimum atomic E-state index is 0.271. The lowest BCUT2D eigenvalue weighted by Gasteiger charge is -2.36. The van der Waals surface area contributed by atoms with Gasteiger partial charge < -0.3 is 19.9 Å². The van der Waals surface area contributed by atoms with Crippen LogP contribution in [-0.2, 0) is 11.3 Å². The smallest absolute Gasteiger partial charge is 0.193 e. The van der Waals surface area contributed by atoms with Gasteiger partial charge in [0.05, 0.1) is 18.8 Å². The fraction of sp³-hybridized carbons (Fsp3) is 0.696. The minimum absolute atomic E-state index is 0.271. The Hall–Kier alpha value is -1.63. The zero-order valence-corrected chi connectivity index (χ0v) is 18.1. The quantitative estimate of drug-likeness (QED) is 0.584. The van der Waals surface area contributed by atoms with Gasteiger partial charge in [-0.3, -0.25) is 9.89 Å². The average Bonchev–Trinajstić information content (AvgIpc) is 3.39. The number of hydrogen-bond donors (Lipinski definition) is 1. The van der Waals surface area contributed by atoms with E-state index < -0.39 is 0 Å². The van der Waals surface area contributed by atoms with Crippen molar-refractivity contribution in [1.29, 1.82) is 0 Å². The molecule has 3 heterocycles. The van der Waals surface area contributed by atoms with Gasteiger partial charge in [-0.1, -0.05) is 37.3 Å². The molecule has 0 bridgehead atoms. The number of benzene rings is 1. The Bertz CT molecular complexity index is 660. The summed E-state index contributed by atoms with van der Waals surface area (Å²) in [6.07, 6.45) is 2.99. The Morgan fingerprint density at radius 1 is 1.17 bits per heavy atom. The first-order chi connectivity index (χ1) is 14.2. The molecule has 1 N–H and O–H groups in total. The maximum Gasteiger partial charge on any atom is 0.193 e. The Morgan fingerprint density at radius 3 is 2.72 bits per heavy atom. The third-order valence-electron chi connectivity index (χ3n) is 6.53. The van der Waals surface area contributed by atoms with Crippen LogP contribution in [0.25, 0.3) is 0 Å². The number of rotatable bonds is 6. The molecule has 0 saturated carbocycles. The predicted molar refractivity (Wildman–Crippen MR) is 118 cm³/mol. The first-order valence-electron chi connectivity index (χ1n) is 11.3. The summed E-state index contributed by atoms with van der Waals surface area (Å²) in [5.41, 5.74) is 1.38. The lowest BCUT2D eigenvalue weighted by atomic mass is 10.1. The summed E-state index contributed by atoms with van der Waals surface area (Å²) in [7, 11) is 1.90. The third-order valence-corrected chi connectivity index (χ3v) is 6.53. The summed E-state index contributed by atoms with van der Waals surface area (Å²) < 4.78 is 6.14. The van der Waals surface area contributed by atoms with Gasteiger partial charge in [-0.2, -0.15) is 0 Å². The standard InChI is InChI=1S/C23H37N5O/c1-19(15-26-10-6-7-11-26)14-25-23(24-2)28-17-21-22(18-28)29-13-12-27(21)16-20-8-4-3-5-9-20/h3-5,8-9,19,21-22H,6-7,10-18H2,1-2H3,(H,24,25). The first-order valence-corrected chi connectivity index (χ1v) is 11.3. The minimum Gasteiger partial charge on any atom is -0.373 e. The van der Waals surface area contributed by atoms with Crippen molar-refractivity contribution in [2.24, 2.45) is 10.9 Å². The molecule has 1 aromatic rings. The molecule has 160 valence electrons. The van der Waals surface area contributed by atoms with Gasteiger partial charge in [0.2, 0.25) is 0 Å². The van der Waals surface area contributed by atoms with Gasteiger partial charge in [-0.05, 0) is 37.4 Å². The molecule has 0 amide bonds. The topological polar surface area (TPSA) is 43.3 Å². The fourth-order valence-corrected chi connectivity index (χ4v) is 5.01. The molecule has 6 heteroatoms. The second kappa shape index (κ2) is 9.92. The van der Waals surface area contributed by atoms with Gasteiger partial charge in [0.15, 0.2) is 5.96 Å². The molecule has 3 atom stereocenters. The molecule has 4 rings (SSSR count). The van der Waals surface area contributed by atoms with Crippen molar-refractivity contribution in [3.8, 4) is 0 Å². The molecule has 1 aromatic carbocycles. The van der Waals surface area contributed by atoms with Gasteiger partial charge in [0, 0.05) is 46.3 Å². The number of ether oxygens (including phenoxy) is 1. The Labute approximate surface area is 175 Å². The number of morpholine rings is 1. The van der Waals surface area contributed by atoms with E-state index >= 15 is 0 Å². The molecule has 3 saturated heterocycles. The molecule has 3 aliphatic rings. The lowest BCUT2D eigenvalue weighted by molar-refractivity contribution is -0.0502. The summed E-state index contributed by atoms with van der Waals surface area (Å²) >= 11 is 0. The SMILES string of the molecule is CN=C(NCC(C)CN1CCCC1)N1CC2OCCN(Cc3ccccc3)C2C1. The van der Waals surface area contributed by atoms with Crippen LogP contribution in [0.4, 0.5) is 0 Å². The molecule has 0 aromatic heterocycles. The van der Waals surface area contributed by atoms with Crippen molar-refractivity contribution in [2.75, 3.05) is 59.5 Å². The highest BCUT2D eigenvalue weighted by atomic mass is 16.5. The second-order valence-electron chi connectivity index (χ2n) is 8.88. The normalized spacial score (nSPS) is 27.2. The fourth-order valence-electron chi connectivity index (χ4n) is 5.01. The number of nitrogens with one attached hydrogen (secondary N) is 1. The number of guanidine groups is 1. The number of hydrogen-bond acceptors (Lipinski definition) is 4. The monoisotopic (exact) mass is 399 g/mol. The van der Waals surface area contributed by atoms with Crippen molar-refractivity contribution in [1.82, 2.24) is 20.0 Å². The highest BCUT2D eigenvalue weighted by molar-refractivity contribution is 5.80. The molecule has 29 heavy (non-hydrogen) atoms. The van der Waals surface area contributed by atoms with Crippen LogP contribution in [0.3, 0.4) is 0 Å². The molecule has 6 nitrogen and oxygen atoms in total. The van der Waals surface area contributed by atoms with E-state index in [2.05, 4.69) is 62.3 Å². The van der Waals surface area contributed by atoms with Gasteiger partial charge in [-0.25, -0.2) is 0 Å². The highest BCUT2D eigenvalue weighted by Crippen LogP contribution is 2.24. The van der Waals surface area contributed by atoms with Crippen LogP contribution in [-0.4, -0.2) is 92.3 Å². The van der Waals surface area contributed by atoms with E-state index in [-0.39, 0.29) is 6.10 Å². The highest BCUT2D eigenvalue weighted by Gasteiger charge is 2.41. The molecule has 0 radical (unpaired) electrons. The summed E-state index contributed by atoms with van der Waals surface area (Å²) in [6, 6.07) is 11.2. The van der Waals surface area contributed by atoms with Gasteiger partial charge >= 0.3 is 0 Å². The van der Waals surface area contributed by atoms with E-state index in [0.29, 0.717) is 12.0 Å². The molecule has 3 aliphatic heterocycles. The lowest BCUT2D eigenvalue weighted by Crippen LogP contribution is -2.50. The van der Waals surface area contributed by atoms with E-state index in [4.69, 9.17) is 4.74 Å². The molecule has 3 fully saturated rings. The largest absolute Gasteiger partial charge is 0.373 e. The van der Waals surface area contributed by atoms with Crippen molar-refractivity contribution in [3.63, 3.8) is 0 Å². The zero-order chi connectivity index (χ0) is 20.1. The number of likely N-dealkylation sites (tertiary alicyclic amines) is 2. The summed E-state index contributed by atoms with van der Waals surface area (Å²) in [4.78, 5) is 12.2. The maximum absolute atomic E-state index is 6.14. The van der Waals surface area contributed by atoms with Crippen molar-refractivity contribution < 1.29 is 4.74 Å². The Morgan fingerprint density at radius 2 is 1.97 bits per heavy atom. The van der Waals surface area contributed by atoms with Crippen LogP contribution >= 0.6 is 0 Å². The number of nitrogens with zero attached hydrogens (tertiary/aromatic N) is 4. The average molecular weight is 400 g/mol.